The molecule has 0 saturated carbocycles. The minimum atomic E-state index is -0.977. The first-order chi connectivity index (χ1) is 24.3. The number of hydrogen-bond donors (Lipinski definition) is 5. The van der Waals surface area contributed by atoms with Crippen molar-refractivity contribution in [1.82, 2.24) is 0 Å². The number of aliphatic hydroxyl groups is 1. The van der Waals surface area contributed by atoms with E-state index in [1.54, 1.807) is 30.3 Å². The van der Waals surface area contributed by atoms with Crippen LogP contribution in [0, 0.1) is 0 Å². The molecular formula is C39H43N3O7S. The van der Waals surface area contributed by atoms with Gasteiger partial charge in [0.15, 0.2) is 6.29 Å². The maximum Gasteiger partial charge on any atom is 0.336 e. The minimum Gasteiger partial charge on any atom is -0.478 e. The molecule has 1 fully saturated rings. The summed E-state index contributed by atoms with van der Waals surface area (Å²) in [5.41, 5.74) is 10.4. The van der Waals surface area contributed by atoms with Crippen LogP contribution in [0.15, 0.2) is 102 Å². The van der Waals surface area contributed by atoms with Crippen LogP contribution in [0.1, 0.15) is 84.4 Å². The van der Waals surface area contributed by atoms with Crippen LogP contribution in [0.2, 0.25) is 0 Å². The number of carboxylic acids is 1. The van der Waals surface area contributed by atoms with Crippen molar-refractivity contribution in [3.63, 3.8) is 0 Å². The number of rotatable bonds is 16. The summed E-state index contributed by atoms with van der Waals surface area (Å²) in [7, 11) is 0. The summed E-state index contributed by atoms with van der Waals surface area (Å²) in [6.07, 6.45) is 3.11. The number of thioether (sulfide) groups is 1. The molecule has 1 heterocycles. The van der Waals surface area contributed by atoms with E-state index in [0.717, 1.165) is 36.0 Å². The number of anilines is 3. The number of nitrogen functional groups attached to an aromatic ring is 1. The summed E-state index contributed by atoms with van der Waals surface area (Å²) in [4.78, 5) is 37.5. The van der Waals surface area contributed by atoms with E-state index in [9.17, 15) is 24.6 Å². The summed E-state index contributed by atoms with van der Waals surface area (Å²) in [5, 5.41) is 25.0. The molecular weight excluding hydrogens is 655 g/mol. The van der Waals surface area contributed by atoms with Gasteiger partial charge in [-0.2, -0.15) is 0 Å². The Hall–Kier alpha value is -4.68. The summed E-state index contributed by atoms with van der Waals surface area (Å²) >= 11 is 1.43. The first kappa shape index (κ1) is 36.6. The van der Waals surface area contributed by atoms with Crippen LogP contribution < -0.4 is 16.4 Å². The first-order valence-electron chi connectivity index (χ1n) is 16.8. The van der Waals surface area contributed by atoms with Gasteiger partial charge in [-0.05, 0) is 60.4 Å². The highest BCUT2D eigenvalue weighted by Crippen LogP contribution is 2.40. The van der Waals surface area contributed by atoms with E-state index in [4.69, 9.17) is 15.2 Å². The largest absolute Gasteiger partial charge is 0.478 e. The number of amides is 2. The summed E-state index contributed by atoms with van der Waals surface area (Å²) < 4.78 is 12.9. The fourth-order valence-corrected chi connectivity index (χ4v) is 6.78. The van der Waals surface area contributed by atoms with Gasteiger partial charge in [0.1, 0.15) is 0 Å². The van der Waals surface area contributed by atoms with Crippen LogP contribution >= 0.6 is 11.8 Å². The second-order valence-corrected chi connectivity index (χ2v) is 13.2. The summed E-state index contributed by atoms with van der Waals surface area (Å²) in [6, 6.07) is 29.1. The van der Waals surface area contributed by atoms with Gasteiger partial charge in [0, 0.05) is 41.2 Å². The number of nitrogens with one attached hydrogen (secondary N) is 2. The molecule has 1 aliphatic heterocycles. The minimum absolute atomic E-state index is 0.0531. The molecule has 6 N–H and O–H groups in total. The number of carboxylic acid groups (broad SMARTS) is 1. The van der Waals surface area contributed by atoms with E-state index >= 15 is 0 Å². The maximum absolute atomic E-state index is 12.8. The molecule has 1 aliphatic rings. The van der Waals surface area contributed by atoms with E-state index < -0.39 is 12.3 Å². The van der Waals surface area contributed by atoms with Gasteiger partial charge < -0.3 is 36.1 Å². The molecule has 0 bridgehead atoms. The van der Waals surface area contributed by atoms with Crippen molar-refractivity contribution in [1.29, 1.82) is 0 Å². The van der Waals surface area contributed by atoms with Gasteiger partial charge >= 0.3 is 5.97 Å². The Balaban J connectivity index is 1.14. The predicted molar refractivity (Wildman–Crippen MR) is 195 cm³/mol. The van der Waals surface area contributed by atoms with Crippen molar-refractivity contribution in [2.45, 2.75) is 74.9 Å². The van der Waals surface area contributed by atoms with E-state index in [2.05, 4.69) is 10.6 Å². The third-order valence-electron chi connectivity index (χ3n) is 8.39. The number of nitrogens with two attached hydrogens (primary N) is 1. The number of unbranched alkanes of at least 4 members (excludes halogenated alkanes) is 3. The lowest BCUT2D eigenvalue weighted by atomic mass is 10.0. The fourth-order valence-electron chi connectivity index (χ4n) is 5.71. The number of aromatic carboxylic acids is 1. The van der Waals surface area contributed by atoms with Crippen LogP contribution in [0.3, 0.4) is 0 Å². The average Bonchev–Trinajstić information content (AvgIpc) is 3.13. The van der Waals surface area contributed by atoms with Gasteiger partial charge in [-0.15, -0.1) is 11.8 Å². The van der Waals surface area contributed by atoms with Crippen LogP contribution in [0.4, 0.5) is 17.1 Å². The quantitative estimate of drug-likeness (QED) is 0.0449. The number of para-hydroxylation sites is 2. The molecule has 0 aliphatic carbocycles. The molecule has 4 aromatic rings. The van der Waals surface area contributed by atoms with E-state index in [0.29, 0.717) is 53.4 Å². The predicted octanol–water partition coefficient (Wildman–Crippen LogP) is 7.71. The fraction of sp³-hybridized carbons (Fsp3) is 0.308. The van der Waals surface area contributed by atoms with Crippen molar-refractivity contribution in [3.8, 4) is 0 Å². The summed E-state index contributed by atoms with van der Waals surface area (Å²) in [5.74, 6) is -0.642. The van der Waals surface area contributed by atoms with Crippen molar-refractivity contribution in [3.05, 3.63) is 119 Å². The molecule has 3 atom stereocenters. The lowest BCUT2D eigenvalue weighted by molar-refractivity contribution is -0.245. The van der Waals surface area contributed by atoms with Crippen molar-refractivity contribution in [2.24, 2.45) is 0 Å². The molecule has 1 saturated heterocycles. The number of benzene rings is 4. The molecule has 0 radical (unpaired) electrons. The second-order valence-electron chi connectivity index (χ2n) is 12.2. The average molecular weight is 698 g/mol. The zero-order valence-electron chi connectivity index (χ0n) is 27.8. The van der Waals surface area contributed by atoms with E-state index in [1.807, 2.05) is 66.7 Å². The topological polar surface area (TPSA) is 160 Å². The monoisotopic (exact) mass is 697 g/mol. The molecule has 5 rings (SSSR count). The Bertz CT molecular complexity index is 1750. The van der Waals surface area contributed by atoms with Gasteiger partial charge in [-0.25, -0.2) is 4.79 Å². The molecule has 50 heavy (non-hydrogen) atoms. The molecule has 10 nitrogen and oxygen atoms in total. The van der Waals surface area contributed by atoms with Gasteiger partial charge in [0.05, 0.1) is 35.8 Å². The van der Waals surface area contributed by atoms with E-state index in [1.165, 1.54) is 11.8 Å². The molecule has 0 spiro atoms. The highest BCUT2D eigenvalue weighted by Gasteiger charge is 2.32. The van der Waals surface area contributed by atoms with Gasteiger partial charge in [-0.1, -0.05) is 73.5 Å². The summed E-state index contributed by atoms with van der Waals surface area (Å²) in [6.45, 7) is -0.0531. The molecule has 2 amide bonds. The zero-order valence-corrected chi connectivity index (χ0v) is 28.6. The number of hydrogen-bond acceptors (Lipinski definition) is 8. The Labute approximate surface area is 296 Å². The van der Waals surface area contributed by atoms with Gasteiger partial charge in [0.2, 0.25) is 11.8 Å². The lowest BCUT2D eigenvalue weighted by Crippen LogP contribution is -2.31. The Morgan fingerprint density at radius 3 is 2.20 bits per heavy atom. The lowest BCUT2D eigenvalue weighted by Gasteiger charge is -2.36. The number of carbonyl (C=O) groups excluding carboxylic acids is 2. The Morgan fingerprint density at radius 2 is 1.48 bits per heavy atom. The van der Waals surface area contributed by atoms with Crippen molar-refractivity contribution < 1.29 is 34.1 Å². The Kier molecular flexibility index (Phi) is 13.4. The van der Waals surface area contributed by atoms with E-state index in [-0.39, 0.29) is 36.2 Å². The van der Waals surface area contributed by atoms with Gasteiger partial charge in [0.25, 0.3) is 0 Å². The molecule has 4 aromatic carbocycles. The second kappa shape index (κ2) is 18.4. The standard InChI is InChI=1S/C39H43N3O7S/c40-32-13-6-7-14-33(32)42-37(45)17-4-2-1-3-16-36(44)41-29-11-9-10-28(22-29)39-48-30(25-50-35-15-8-5-12-31(35)38(46)47)23-34(49-39)27-20-18-26(24-43)19-21-27/h5-15,18-22,30,34,39,43H,1-4,16-17,23-25,40H2,(H,41,44)(H,42,45)(H,46,47)/t30-,34+,39+/m0/s1. The zero-order chi connectivity index (χ0) is 35.3. The third-order valence-corrected chi connectivity index (χ3v) is 9.60. The number of ether oxygens (including phenoxy) is 2. The highest BCUT2D eigenvalue weighted by atomic mass is 32.2. The normalized spacial score (nSPS) is 17.2. The van der Waals surface area contributed by atoms with Crippen molar-refractivity contribution in [2.75, 3.05) is 22.1 Å². The van der Waals surface area contributed by atoms with Crippen molar-refractivity contribution >= 4 is 46.6 Å². The molecule has 0 unspecified atom stereocenters. The van der Waals surface area contributed by atoms with Crippen LogP contribution in [0.25, 0.3) is 0 Å². The van der Waals surface area contributed by atoms with Crippen LogP contribution in [-0.2, 0) is 25.7 Å². The maximum atomic E-state index is 12.8. The number of aliphatic hydroxyl groups excluding tert-OH is 1. The smallest absolute Gasteiger partial charge is 0.336 e. The highest BCUT2D eigenvalue weighted by molar-refractivity contribution is 7.99. The Morgan fingerprint density at radius 1 is 0.780 bits per heavy atom. The first-order valence-corrected chi connectivity index (χ1v) is 17.8. The number of carbonyl (C=O) groups is 3. The third kappa shape index (κ3) is 10.7. The molecule has 262 valence electrons. The van der Waals surface area contributed by atoms with Gasteiger partial charge in [-0.3, -0.25) is 9.59 Å². The van der Waals surface area contributed by atoms with Crippen LogP contribution in [0.5, 0.6) is 0 Å². The SMILES string of the molecule is Nc1ccccc1NC(=O)CCCCCCC(=O)Nc1cccc([C@@H]2O[C@H](CSc3ccccc3C(=O)O)C[C@H](c3ccc(CO)cc3)O2)c1. The van der Waals surface area contributed by atoms with Crippen LogP contribution in [-0.4, -0.2) is 39.9 Å². The molecule has 0 aromatic heterocycles. The molecule has 11 heteroatoms.